The molecule has 1 aromatic carbocycles. The number of nitrogens with zero attached hydrogens (tertiary/aromatic N) is 2. The summed E-state index contributed by atoms with van der Waals surface area (Å²) in [5.41, 5.74) is 4.15. The van der Waals surface area contributed by atoms with Crippen molar-refractivity contribution in [2.45, 2.75) is 38.8 Å². The summed E-state index contributed by atoms with van der Waals surface area (Å²) < 4.78 is 0. The van der Waals surface area contributed by atoms with Crippen LogP contribution in [0, 0.1) is 0 Å². The van der Waals surface area contributed by atoms with Crippen molar-refractivity contribution in [3.05, 3.63) is 52.2 Å². The molecule has 0 bridgehead atoms. The minimum absolute atomic E-state index is 0.797. The predicted molar refractivity (Wildman–Crippen MR) is 104 cm³/mol. The van der Waals surface area contributed by atoms with E-state index in [1.54, 1.807) is 6.33 Å². The number of benzene rings is 1. The Labute approximate surface area is 152 Å². The van der Waals surface area contributed by atoms with Gasteiger partial charge in [-0.3, -0.25) is 0 Å². The minimum Gasteiger partial charge on any atom is -0.365 e. The maximum atomic E-state index is 4.54. The van der Waals surface area contributed by atoms with E-state index >= 15 is 0 Å². The summed E-state index contributed by atoms with van der Waals surface area (Å²) >= 11 is 1.85. The van der Waals surface area contributed by atoms with Gasteiger partial charge >= 0.3 is 0 Å². The maximum absolute atomic E-state index is 4.54. The Bertz CT molecular complexity index is 867. The fourth-order valence-electron chi connectivity index (χ4n) is 3.59. The molecule has 5 heteroatoms. The number of quaternary nitrogens is 1. The molecule has 3 aromatic rings. The molecule has 4 nitrogen and oxygen atoms in total. The van der Waals surface area contributed by atoms with E-state index in [4.69, 9.17) is 0 Å². The first-order chi connectivity index (χ1) is 12.2. The smallest absolute Gasteiger partial charge is 0.138 e. The summed E-state index contributed by atoms with van der Waals surface area (Å²) in [5.74, 6) is 0.992. The van der Waals surface area contributed by atoms with E-state index in [0.29, 0.717) is 0 Å². The molecular formula is C20H25N4S+. The van der Waals surface area contributed by atoms with Crippen LogP contribution in [0.2, 0.25) is 0 Å². The Morgan fingerprint density at radius 1 is 1.04 bits per heavy atom. The third kappa shape index (κ3) is 3.53. The molecule has 0 saturated heterocycles. The topological polar surface area (TPSA) is 42.2 Å². The second-order valence-corrected chi connectivity index (χ2v) is 8.25. The largest absolute Gasteiger partial charge is 0.365 e. The van der Waals surface area contributed by atoms with E-state index in [-0.39, 0.29) is 0 Å². The highest BCUT2D eigenvalue weighted by atomic mass is 32.1. The molecule has 0 amide bonds. The van der Waals surface area contributed by atoms with Gasteiger partial charge in [-0.15, -0.1) is 11.3 Å². The highest BCUT2D eigenvalue weighted by Gasteiger charge is 2.19. The van der Waals surface area contributed by atoms with Crippen molar-refractivity contribution >= 4 is 27.4 Å². The van der Waals surface area contributed by atoms with Crippen molar-refractivity contribution in [2.75, 3.05) is 19.4 Å². The summed E-state index contributed by atoms with van der Waals surface area (Å²) in [7, 11) is 4.36. The number of aryl methyl sites for hydroxylation is 2. The SMILES string of the molecule is C[NH+](C)Cc1ccc(CNc2ncnc3sc4c(c23)CCCC4)cc1. The molecule has 0 fully saturated rings. The lowest BCUT2D eigenvalue weighted by molar-refractivity contribution is -0.872. The Kier molecular flexibility index (Phi) is 4.68. The van der Waals surface area contributed by atoms with Crippen LogP contribution >= 0.6 is 11.3 Å². The van der Waals surface area contributed by atoms with Gasteiger partial charge in [0, 0.05) is 17.0 Å². The molecule has 130 valence electrons. The van der Waals surface area contributed by atoms with Crippen molar-refractivity contribution in [1.29, 1.82) is 0 Å². The number of thiophene rings is 1. The van der Waals surface area contributed by atoms with E-state index < -0.39 is 0 Å². The fraction of sp³-hybridized carbons (Fsp3) is 0.400. The Hall–Kier alpha value is -1.98. The number of rotatable bonds is 5. The van der Waals surface area contributed by atoms with Gasteiger partial charge in [-0.05, 0) is 36.8 Å². The standard InChI is InChI=1S/C20H24N4S/c1-24(2)12-15-9-7-14(8-10-15)11-21-19-18-16-5-3-4-6-17(16)25-20(18)23-13-22-19/h7-10,13H,3-6,11-12H2,1-2H3,(H,21,22,23)/p+1. The second kappa shape index (κ2) is 7.10. The van der Waals surface area contributed by atoms with Crippen molar-refractivity contribution in [3.8, 4) is 0 Å². The molecule has 2 aromatic heterocycles. The Morgan fingerprint density at radius 3 is 2.60 bits per heavy atom. The average molecular weight is 354 g/mol. The summed E-state index contributed by atoms with van der Waals surface area (Å²) in [4.78, 5) is 13.1. The summed E-state index contributed by atoms with van der Waals surface area (Å²) in [6.07, 6.45) is 6.64. The lowest BCUT2D eigenvalue weighted by Gasteiger charge is -2.13. The van der Waals surface area contributed by atoms with Crippen LogP contribution in [0.25, 0.3) is 10.2 Å². The molecule has 4 rings (SSSR count). The van der Waals surface area contributed by atoms with Crippen LogP contribution in [-0.2, 0) is 25.9 Å². The molecule has 0 aliphatic heterocycles. The lowest BCUT2D eigenvalue weighted by atomic mass is 9.97. The molecule has 0 saturated carbocycles. The molecule has 0 radical (unpaired) electrons. The van der Waals surface area contributed by atoms with E-state index in [1.807, 2.05) is 11.3 Å². The van der Waals surface area contributed by atoms with Gasteiger partial charge in [0.2, 0.25) is 0 Å². The van der Waals surface area contributed by atoms with Gasteiger partial charge in [0.25, 0.3) is 0 Å². The maximum Gasteiger partial charge on any atom is 0.138 e. The van der Waals surface area contributed by atoms with Crippen LogP contribution in [0.3, 0.4) is 0 Å². The monoisotopic (exact) mass is 353 g/mol. The third-order valence-corrected chi connectivity index (χ3v) is 5.99. The highest BCUT2D eigenvalue weighted by Crippen LogP contribution is 2.38. The first kappa shape index (κ1) is 16.5. The second-order valence-electron chi connectivity index (χ2n) is 7.17. The van der Waals surface area contributed by atoms with Crippen molar-refractivity contribution in [3.63, 3.8) is 0 Å². The van der Waals surface area contributed by atoms with Gasteiger partial charge in [-0.25, -0.2) is 9.97 Å². The number of hydrogen-bond donors (Lipinski definition) is 2. The molecule has 0 spiro atoms. The molecular weight excluding hydrogens is 328 g/mol. The lowest BCUT2D eigenvalue weighted by Crippen LogP contribution is -3.04. The zero-order valence-electron chi connectivity index (χ0n) is 14.9. The molecule has 2 heterocycles. The van der Waals surface area contributed by atoms with Gasteiger partial charge in [-0.2, -0.15) is 0 Å². The van der Waals surface area contributed by atoms with Crippen LogP contribution in [-0.4, -0.2) is 24.1 Å². The van der Waals surface area contributed by atoms with Crippen LogP contribution < -0.4 is 10.2 Å². The van der Waals surface area contributed by atoms with E-state index in [0.717, 1.165) is 23.7 Å². The van der Waals surface area contributed by atoms with Crippen LogP contribution in [0.5, 0.6) is 0 Å². The van der Waals surface area contributed by atoms with Gasteiger partial charge in [0.05, 0.1) is 19.5 Å². The molecule has 1 aliphatic rings. The van der Waals surface area contributed by atoms with Gasteiger partial charge in [-0.1, -0.05) is 24.3 Å². The van der Waals surface area contributed by atoms with E-state index in [2.05, 4.69) is 53.6 Å². The van der Waals surface area contributed by atoms with Crippen molar-refractivity contribution in [2.24, 2.45) is 0 Å². The summed E-state index contributed by atoms with van der Waals surface area (Å²) in [6, 6.07) is 8.89. The predicted octanol–water partition coefficient (Wildman–Crippen LogP) is 2.83. The average Bonchev–Trinajstić information content (AvgIpc) is 3.00. The number of nitrogens with one attached hydrogen (secondary N) is 2. The number of hydrogen-bond acceptors (Lipinski definition) is 4. The van der Waals surface area contributed by atoms with Crippen molar-refractivity contribution in [1.82, 2.24) is 9.97 Å². The van der Waals surface area contributed by atoms with E-state index in [1.165, 1.54) is 57.5 Å². The molecule has 0 unspecified atom stereocenters. The Balaban J connectivity index is 1.54. The van der Waals surface area contributed by atoms with Gasteiger partial charge in [0.15, 0.2) is 0 Å². The summed E-state index contributed by atoms with van der Waals surface area (Å²) in [6.45, 7) is 1.85. The quantitative estimate of drug-likeness (QED) is 0.741. The zero-order chi connectivity index (χ0) is 17.2. The van der Waals surface area contributed by atoms with Gasteiger partial charge in [0.1, 0.15) is 23.5 Å². The number of aromatic nitrogens is 2. The van der Waals surface area contributed by atoms with E-state index in [9.17, 15) is 0 Å². The van der Waals surface area contributed by atoms with Crippen LogP contribution in [0.1, 0.15) is 34.4 Å². The summed E-state index contributed by atoms with van der Waals surface area (Å²) in [5, 5.41) is 4.81. The third-order valence-electron chi connectivity index (χ3n) is 4.79. The normalized spacial score (nSPS) is 14.0. The van der Waals surface area contributed by atoms with Crippen LogP contribution in [0.15, 0.2) is 30.6 Å². The first-order valence-electron chi connectivity index (χ1n) is 9.06. The number of anilines is 1. The molecule has 0 atom stereocenters. The molecule has 1 aliphatic carbocycles. The minimum atomic E-state index is 0.797. The molecule has 25 heavy (non-hydrogen) atoms. The van der Waals surface area contributed by atoms with Crippen LogP contribution in [0.4, 0.5) is 5.82 Å². The zero-order valence-corrected chi connectivity index (χ0v) is 15.7. The van der Waals surface area contributed by atoms with Crippen molar-refractivity contribution < 1.29 is 4.90 Å². The fourth-order valence-corrected chi connectivity index (χ4v) is 4.82. The highest BCUT2D eigenvalue weighted by molar-refractivity contribution is 7.19. The molecule has 2 N–H and O–H groups in total. The Morgan fingerprint density at radius 2 is 1.80 bits per heavy atom. The number of fused-ring (bicyclic) bond motifs is 3. The first-order valence-corrected chi connectivity index (χ1v) is 9.88. The van der Waals surface area contributed by atoms with Gasteiger partial charge < -0.3 is 10.2 Å².